The number of hydrogen-bond donors (Lipinski definition) is 0. The molecule has 0 saturated carbocycles. The van der Waals surface area contributed by atoms with Crippen molar-refractivity contribution in [3.05, 3.63) is 0 Å². The molecule has 1 radical (unpaired) electrons. The number of rotatable bonds is 23. The van der Waals surface area contributed by atoms with E-state index in [1.54, 1.807) is 0 Å². The summed E-state index contributed by atoms with van der Waals surface area (Å²) in [6.45, 7) is 5.07. The van der Waals surface area contributed by atoms with Crippen molar-refractivity contribution in [2.75, 3.05) is 19.8 Å². The molecule has 0 aliphatic heterocycles. The zero-order valence-corrected chi connectivity index (χ0v) is 21.1. The molecule has 6 nitrogen and oxygen atoms in total. The molecule has 0 aromatic carbocycles. The van der Waals surface area contributed by atoms with Crippen molar-refractivity contribution in [2.24, 2.45) is 0 Å². The van der Waals surface area contributed by atoms with Crippen LogP contribution in [-0.4, -0.2) is 38.2 Å². The number of carbonyl (C=O) groups excluding carboxylic acids is 3. The van der Waals surface area contributed by atoms with Crippen molar-refractivity contribution in [3.8, 4) is 0 Å². The maximum absolute atomic E-state index is 11.7. The molecule has 0 spiro atoms. The molecule has 0 amide bonds. The van der Waals surface area contributed by atoms with Crippen LogP contribution < -0.4 is 0 Å². The molecule has 31 heavy (non-hydrogen) atoms. The van der Waals surface area contributed by atoms with E-state index in [0.29, 0.717) is 32.7 Å². The minimum atomic E-state index is -0.119. The molecule has 0 N–H and O–H groups in total. The van der Waals surface area contributed by atoms with E-state index in [9.17, 15) is 14.4 Å². The summed E-state index contributed by atoms with van der Waals surface area (Å²) in [6.07, 6.45) is 16.3. The van der Waals surface area contributed by atoms with Gasteiger partial charge in [-0.25, -0.2) is 0 Å². The maximum Gasteiger partial charge on any atom is 0.305 e. The van der Waals surface area contributed by atoms with Crippen LogP contribution in [0.2, 0.25) is 0 Å². The van der Waals surface area contributed by atoms with Crippen LogP contribution >= 0.6 is 0 Å². The second-order valence-corrected chi connectivity index (χ2v) is 7.82. The van der Waals surface area contributed by atoms with E-state index >= 15 is 0 Å². The van der Waals surface area contributed by atoms with Gasteiger partial charge in [0.1, 0.15) is 0 Å². The Morgan fingerprint density at radius 3 is 1.42 bits per heavy atom. The molecule has 0 aromatic rings. The number of carbonyl (C=O) groups is 2. The number of ether oxygens (including phenoxy) is 3. The molecule has 0 atom stereocenters. The zero-order chi connectivity index (χ0) is 22.1. The Morgan fingerprint density at radius 2 is 0.968 bits per heavy atom. The molecule has 185 valence electrons. The molecule has 0 rings (SSSR count). The van der Waals surface area contributed by atoms with Gasteiger partial charge in [-0.2, -0.15) is 0 Å². The third kappa shape index (κ3) is 27.0. The summed E-state index contributed by atoms with van der Waals surface area (Å²) in [5, 5.41) is 0. The first kappa shape index (κ1) is 32.2. The van der Waals surface area contributed by atoms with E-state index < -0.39 is 0 Å². The van der Waals surface area contributed by atoms with Crippen LogP contribution in [0, 0.1) is 0 Å². The molecule has 0 aliphatic carbocycles. The summed E-state index contributed by atoms with van der Waals surface area (Å²) in [6, 6.07) is 0. The largest absolute Gasteiger partial charge is 0.653 e. The van der Waals surface area contributed by atoms with Crippen molar-refractivity contribution in [3.63, 3.8) is 0 Å². The van der Waals surface area contributed by atoms with Crippen LogP contribution in [0.4, 0.5) is 0 Å². The molecule has 0 heterocycles. The van der Waals surface area contributed by atoms with Crippen molar-refractivity contribution in [1.82, 2.24) is 0 Å². The summed E-state index contributed by atoms with van der Waals surface area (Å²) in [5.41, 5.74) is 0. The van der Waals surface area contributed by atoms with Gasteiger partial charge in [-0.3, -0.25) is 9.59 Å². The van der Waals surface area contributed by atoms with Gasteiger partial charge in [0.15, 0.2) is 0 Å². The van der Waals surface area contributed by atoms with Crippen molar-refractivity contribution in [2.45, 2.75) is 116 Å². The molecule has 0 saturated heterocycles. The fourth-order valence-corrected chi connectivity index (χ4v) is 3.14. The molecule has 0 bridgehead atoms. The Balaban J connectivity index is 0. The van der Waals surface area contributed by atoms with Crippen LogP contribution in [0.15, 0.2) is 0 Å². The van der Waals surface area contributed by atoms with E-state index in [2.05, 4.69) is 11.7 Å². The van der Waals surface area contributed by atoms with Gasteiger partial charge >= 0.3 is 11.9 Å². The van der Waals surface area contributed by atoms with Gasteiger partial charge < -0.3 is 19.0 Å². The second-order valence-electron chi connectivity index (χ2n) is 7.82. The number of esters is 2. The van der Waals surface area contributed by atoms with Gasteiger partial charge in [0.05, 0.1) is 13.2 Å². The first-order chi connectivity index (χ1) is 14.7. The number of hydrogen-bond acceptors (Lipinski definition) is 6. The molecule has 0 fully saturated rings. The van der Waals surface area contributed by atoms with Crippen LogP contribution in [-0.2, 0) is 48.1 Å². The van der Waals surface area contributed by atoms with E-state index in [-0.39, 0.29) is 31.4 Å². The molecule has 0 aliphatic rings. The quantitative estimate of drug-likeness (QED) is 0.0546. The molecule has 0 unspecified atom stereocenters. The van der Waals surface area contributed by atoms with Crippen LogP contribution in [0.1, 0.15) is 116 Å². The minimum Gasteiger partial charge on any atom is -0.653 e. The van der Waals surface area contributed by atoms with Crippen molar-refractivity contribution >= 4 is 18.4 Å². The van der Waals surface area contributed by atoms with Crippen molar-refractivity contribution in [1.29, 1.82) is 0 Å². The first-order valence-electron chi connectivity index (χ1n) is 12.0. The van der Waals surface area contributed by atoms with Crippen LogP contribution in [0.25, 0.3) is 0 Å². The Morgan fingerprint density at radius 1 is 0.581 bits per heavy atom. The van der Waals surface area contributed by atoms with E-state index in [0.717, 1.165) is 77.0 Å². The van der Waals surface area contributed by atoms with E-state index in [1.165, 1.54) is 25.7 Å². The number of unbranched alkanes of at least 4 members (excludes halogenated alkanes) is 12. The normalized spacial score (nSPS) is 10.2. The van der Waals surface area contributed by atoms with Gasteiger partial charge in [0.2, 0.25) is 0 Å². The topological polar surface area (TPSA) is 78.9 Å². The predicted octanol–water partition coefficient (Wildman–Crippen LogP) is 5.81. The first-order valence-corrected chi connectivity index (χ1v) is 12.0. The van der Waals surface area contributed by atoms with E-state index in [1.807, 2.05) is 0 Å². The fourth-order valence-electron chi connectivity index (χ4n) is 3.14. The summed E-state index contributed by atoms with van der Waals surface area (Å²) >= 11 is 0. The SMILES string of the molecule is CCCCCCCOC(=O)CCCCCCCOC(=O)CCCCCCCO[C-]=O.[Rh]. The predicted molar refractivity (Wildman–Crippen MR) is 118 cm³/mol. The van der Waals surface area contributed by atoms with Gasteiger partial charge in [-0.1, -0.05) is 77.6 Å². The minimum absolute atomic E-state index is 0. The second kappa shape index (κ2) is 27.1. The third-order valence-corrected chi connectivity index (χ3v) is 4.99. The summed E-state index contributed by atoms with van der Waals surface area (Å²) in [4.78, 5) is 33.1. The van der Waals surface area contributed by atoms with Gasteiger partial charge in [0.25, 0.3) is 0 Å². The Labute approximate surface area is 202 Å². The third-order valence-electron chi connectivity index (χ3n) is 4.99. The van der Waals surface area contributed by atoms with Crippen LogP contribution in [0.5, 0.6) is 0 Å². The summed E-state index contributed by atoms with van der Waals surface area (Å²) in [5.74, 6) is -0.196. The van der Waals surface area contributed by atoms with Crippen LogP contribution in [0.3, 0.4) is 0 Å². The van der Waals surface area contributed by atoms with E-state index in [4.69, 9.17) is 9.47 Å². The Bertz CT molecular complexity index is 417. The molecular formula is C24H43O6Rh-. The summed E-state index contributed by atoms with van der Waals surface area (Å²) in [7, 11) is 0. The summed E-state index contributed by atoms with van der Waals surface area (Å²) < 4.78 is 15.0. The molecule has 0 aromatic heterocycles. The molecule has 7 heteroatoms. The zero-order valence-electron chi connectivity index (χ0n) is 19.4. The van der Waals surface area contributed by atoms with Crippen molar-refractivity contribution < 1.29 is 48.1 Å². The standard InChI is InChI=1S/C24H43O6.Rh/c1-2-3-4-9-15-20-29-23(26)18-13-8-6-11-16-21-30-24(27)17-12-7-5-10-14-19-28-22-25;/h2-21H2,1H3;/q-1;. The average molecular weight is 531 g/mol. The fraction of sp³-hybridized carbons (Fsp3) is 0.875. The molecular weight excluding hydrogens is 487 g/mol. The maximum atomic E-state index is 11.7. The Hall–Kier alpha value is -0.967. The van der Waals surface area contributed by atoms with Gasteiger partial charge in [-0.05, 0) is 32.1 Å². The smallest absolute Gasteiger partial charge is 0.305 e. The monoisotopic (exact) mass is 530 g/mol. The average Bonchev–Trinajstić information content (AvgIpc) is 2.74. The Kier molecular flexibility index (Phi) is 28.1. The van der Waals surface area contributed by atoms with Gasteiger partial charge in [0, 0.05) is 38.9 Å². The van der Waals surface area contributed by atoms with Gasteiger partial charge in [-0.15, -0.1) is 0 Å².